The number of nitrogens with one attached hydrogen (secondary N) is 2. The van der Waals surface area contributed by atoms with Crippen molar-refractivity contribution in [2.75, 3.05) is 13.6 Å². The predicted octanol–water partition coefficient (Wildman–Crippen LogP) is 4.45. The first-order valence-electron chi connectivity index (χ1n) is 11.8. The Morgan fingerprint density at radius 2 is 1.87 bits per heavy atom. The average Bonchev–Trinajstić information content (AvgIpc) is 3.02. The van der Waals surface area contributed by atoms with E-state index in [0.717, 1.165) is 44.1 Å². The first kappa shape index (κ1) is 24.0. The number of aryl methyl sites for hydroxylation is 2. The van der Waals surface area contributed by atoms with Crippen molar-refractivity contribution < 1.29 is 0 Å². The summed E-state index contributed by atoms with van der Waals surface area (Å²) in [7, 11) is 1.86. The lowest BCUT2D eigenvalue weighted by atomic mass is 9.82. The lowest BCUT2D eigenvalue weighted by Gasteiger charge is -2.30. The van der Waals surface area contributed by atoms with Gasteiger partial charge < -0.3 is 15.2 Å². The van der Waals surface area contributed by atoms with Crippen molar-refractivity contribution in [1.29, 1.82) is 0 Å². The van der Waals surface area contributed by atoms with Crippen LogP contribution in [0, 0.1) is 0 Å². The maximum absolute atomic E-state index is 4.44. The van der Waals surface area contributed by atoms with Crippen LogP contribution < -0.4 is 10.6 Å². The van der Waals surface area contributed by atoms with Crippen LogP contribution in [0.1, 0.15) is 74.5 Å². The molecule has 0 unspecified atom stereocenters. The first-order valence-corrected chi connectivity index (χ1v) is 11.8. The molecule has 170 valence electrons. The van der Waals surface area contributed by atoms with Gasteiger partial charge in [0.05, 0.1) is 0 Å². The summed E-state index contributed by atoms with van der Waals surface area (Å²) in [5.41, 5.74) is 1.49. The molecule has 0 radical (unpaired) electrons. The second kappa shape index (κ2) is 12.4. The van der Waals surface area contributed by atoms with Crippen LogP contribution in [-0.4, -0.2) is 40.4 Å². The van der Waals surface area contributed by atoms with Crippen LogP contribution in [0.5, 0.6) is 0 Å². The standard InChI is InChI=1S/C24H36N6.HI/c1-25-24(27-21-15-13-20(14-16-21)19-9-4-2-5-10-19)26-17-8-12-23-29-28-22-11-6-3-7-18-30(22)23;/h2,4-5,9-10,20-21H,3,6-8,11-18H2,1H3,(H2,25,26,27);1H. The fraction of sp³-hybridized carbons (Fsp3) is 0.625. The minimum atomic E-state index is 0. The van der Waals surface area contributed by atoms with Crippen LogP contribution in [0.25, 0.3) is 0 Å². The first-order chi connectivity index (χ1) is 14.8. The van der Waals surface area contributed by atoms with Crippen molar-refractivity contribution >= 4 is 29.9 Å². The Morgan fingerprint density at radius 3 is 2.65 bits per heavy atom. The van der Waals surface area contributed by atoms with E-state index in [-0.39, 0.29) is 24.0 Å². The zero-order valence-corrected chi connectivity index (χ0v) is 21.1. The molecule has 1 aliphatic heterocycles. The number of guanidine groups is 1. The third-order valence-corrected chi connectivity index (χ3v) is 6.62. The smallest absolute Gasteiger partial charge is 0.191 e. The van der Waals surface area contributed by atoms with E-state index in [4.69, 9.17) is 0 Å². The summed E-state index contributed by atoms with van der Waals surface area (Å²) in [6.07, 6.45) is 11.8. The van der Waals surface area contributed by atoms with Gasteiger partial charge in [0, 0.05) is 39.0 Å². The fourth-order valence-electron chi connectivity index (χ4n) is 4.87. The summed E-state index contributed by atoms with van der Waals surface area (Å²) in [5, 5.41) is 16.0. The Kier molecular flexibility index (Phi) is 9.61. The normalized spacial score (nSPS) is 21.5. The summed E-state index contributed by atoms with van der Waals surface area (Å²) < 4.78 is 2.35. The van der Waals surface area contributed by atoms with Gasteiger partial charge in [-0.25, -0.2) is 0 Å². The lowest BCUT2D eigenvalue weighted by Crippen LogP contribution is -2.45. The molecule has 31 heavy (non-hydrogen) atoms. The van der Waals surface area contributed by atoms with Crippen molar-refractivity contribution in [2.45, 2.75) is 82.7 Å². The molecule has 2 aromatic rings. The van der Waals surface area contributed by atoms with Gasteiger partial charge in [-0.2, -0.15) is 0 Å². The molecule has 0 spiro atoms. The van der Waals surface area contributed by atoms with Gasteiger partial charge in [-0.3, -0.25) is 4.99 Å². The Morgan fingerprint density at radius 1 is 1.06 bits per heavy atom. The number of aromatic nitrogens is 3. The van der Waals surface area contributed by atoms with Crippen molar-refractivity contribution in [2.24, 2.45) is 4.99 Å². The number of rotatable bonds is 6. The van der Waals surface area contributed by atoms with Crippen LogP contribution in [0.2, 0.25) is 0 Å². The molecule has 2 aliphatic rings. The van der Waals surface area contributed by atoms with E-state index >= 15 is 0 Å². The summed E-state index contributed by atoms with van der Waals surface area (Å²) in [6, 6.07) is 11.5. The number of halogens is 1. The number of aliphatic imine (C=N–C) groups is 1. The highest BCUT2D eigenvalue weighted by Gasteiger charge is 2.22. The Hall–Kier alpha value is -1.64. The topological polar surface area (TPSA) is 67.1 Å². The number of fused-ring (bicyclic) bond motifs is 1. The van der Waals surface area contributed by atoms with E-state index < -0.39 is 0 Å². The highest BCUT2D eigenvalue weighted by Crippen LogP contribution is 2.32. The minimum Gasteiger partial charge on any atom is -0.356 e. The van der Waals surface area contributed by atoms with Crippen LogP contribution in [0.15, 0.2) is 35.3 Å². The van der Waals surface area contributed by atoms with Gasteiger partial charge in [0.2, 0.25) is 0 Å². The van der Waals surface area contributed by atoms with Crippen LogP contribution >= 0.6 is 24.0 Å². The van der Waals surface area contributed by atoms with Crippen LogP contribution in [0.4, 0.5) is 0 Å². The zero-order chi connectivity index (χ0) is 20.6. The third-order valence-electron chi connectivity index (χ3n) is 6.62. The summed E-state index contributed by atoms with van der Waals surface area (Å²) >= 11 is 0. The lowest BCUT2D eigenvalue weighted by molar-refractivity contribution is 0.371. The van der Waals surface area contributed by atoms with Gasteiger partial charge in [0.15, 0.2) is 5.96 Å². The molecule has 1 saturated carbocycles. The molecule has 1 fully saturated rings. The maximum Gasteiger partial charge on any atom is 0.191 e. The molecule has 0 bridgehead atoms. The van der Waals surface area contributed by atoms with Gasteiger partial charge in [-0.05, 0) is 56.4 Å². The Labute approximate surface area is 203 Å². The SMILES string of the molecule is CN=C(NCCCc1nnc2n1CCCCC2)NC1CCC(c2ccccc2)CC1.I. The molecule has 1 aromatic carbocycles. The zero-order valence-electron chi connectivity index (χ0n) is 18.7. The quantitative estimate of drug-likeness (QED) is 0.248. The van der Waals surface area contributed by atoms with Crippen molar-refractivity contribution in [3.8, 4) is 0 Å². The molecule has 7 heteroatoms. The largest absolute Gasteiger partial charge is 0.356 e. The molecule has 2 N–H and O–H groups in total. The monoisotopic (exact) mass is 536 g/mol. The highest BCUT2D eigenvalue weighted by atomic mass is 127. The number of nitrogens with zero attached hydrogens (tertiary/aromatic N) is 4. The van der Waals surface area contributed by atoms with E-state index in [2.05, 4.69) is 60.7 Å². The van der Waals surface area contributed by atoms with Crippen molar-refractivity contribution in [1.82, 2.24) is 25.4 Å². The van der Waals surface area contributed by atoms with Crippen molar-refractivity contribution in [3.63, 3.8) is 0 Å². The number of benzene rings is 1. The van der Waals surface area contributed by atoms with Crippen molar-refractivity contribution in [3.05, 3.63) is 47.5 Å². The van der Waals surface area contributed by atoms with Gasteiger partial charge in [0.1, 0.15) is 11.6 Å². The van der Waals surface area contributed by atoms with E-state index in [1.54, 1.807) is 0 Å². The molecule has 2 heterocycles. The molecule has 0 amide bonds. The van der Waals surface area contributed by atoms with E-state index in [1.807, 2.05) is 7.05 Å². The highest BCUT2D eigenvalue weighted by molar-refractivity contribution is 14.0. The molecular formula is C24H37IN6. The van der Waals surface area contributed by atoms with Crippen LogP contribution in [-0.2, 0) is 19.4 Å². The van der Waals surface area contributed by atoms with Crippen LogP contribution in [0.3, 0.4) is 0 Å². The van der Waals surface area contributed by atoms with E-state index in [0.29, 0.717) is 12.0 Å². The van der Waals surface area contributed by atoms with E-state index in [1.165, 1.54) is 56.3 Å². The van der Waals surface area contributed by atoms with E-state index in [9.17, 15) is 0 Å². The van der Waals surface area contributed by atoms with Gasteiger partial charge in [0.25, 0.3) is 0 Å². The number of hydrogen-bond donors (Lipinski definition) is 2. The fourth-order valence-corrected chi connectivity index (χ4v) is 4.87. The van der Waals surface area contributed by atoms with Gasteiger partial charge >= 0.3 is 0 Å². The minimum absolute atomic E-state index is 0. The summed E-state index contributed by atoms with van der Waals surface area (Å²) in [4.78, 5) is 4.44. The van der Waals surface area contributed by atoms with Gasteiger partial charge in [-0.15, -0.1) is 34.2 Å². The average molecular weight is 537 g/mol. The van der Waals surface area contributed by atoms with Gasteiger partial charge in [-0.1, -0.05) is 36.8 Å². The molecule has 6 nitrogen and oxygen atoms in total. The molecule has 1 aromatic heterocycles. The third kappa shape index (κ3) is 6.67. The molecule has 0 atom stereocenters. The second-order valence-corrected chi connectivity index (χ2v) is 8.70. The molecule has 1 aliphatic carbocycles. The molecular weight excluding hydrogens is 499 g/mol. The number of hydrogen-bond acceptors (Lipinski definition) is 3. The second-order valence-electron chi connectivity index (χ2n) is 8.70. The Balaban J connectivity index is 0.00000272. The summed E-state index contributed by atoms with van der Waals surface area (Å²) in [6.45, 7) is 1.99. The summed E-state index contributed by atoms with van der Waals surface area (Å²) in [5.74, 6) is 3.96. The maximum atomic E-state index is 4.44. The predicted molar refractivity (Wildman–Crippen MR) is 137 cm³/mol. The molecule has 4 rings (SSSR count). The Bertz CT molecular complexity index is 811. The molecule has 0 saturated heterocycles.